The third-order valence-electron chi connectivity index (χ3n) is 2.89. The zero-order valence-corrected chi connectivity index (χ0v) is 9.03. The molecule has 0 radical (unpaired) electrons. The van der Waals surface area contributed by atoms with Gasteiger partial charge in [-0.2, -0.15) is 0 Å². The first-order valence-electron chi connectivity index (χ1n) is 5.15. The van der Waals surface area contributed by atoms with Gasteiger partial charge in [-0.1, -0.05) is 38.2 Å². The number of carbonyl (C=O) groups is 1. The minimum atomic E-state index is -0.100. The smallest absolute Gasteiger partial charge is 0.186 e. The fourth-order valence-electron chi connectivity index (χ4n) is 1.91. The van der Waals surface area contributed by atoms with Crippen LogP contribution in [0.2, 0.25) is 0 Å². The second kappa shape index (κ2) is 3.54. The number of nitrogens with one attached hydrogen (secondary N) is 1. The molecular weight excluding hydrogens is 186 g/mol. The molecule has 2 nitrogen and oxygen atoms in total. The van der Waals surface area contributed by atoms with Gasteiger partial charge in [0.25, 0.3) is 0 Å². The maximum absolute atomic E-state index is 12.2. The van der Waals surface area contributed by atoms with E-state index in [1.807, 2.05) is 30.4 Å². The van der Waals surface area contributed by atoms with E-state index in [4.69, 9.17) is 0 Å². The molecule has 0 aliphatic heterocycles. The monoisotopic (exact) mass is 201 g/mol. The molecule has 78 valence electrons. The number of hydrogen-bond acceptors (Lipinski definition) is 1. The topological polar surface area (TPSA) is 32.9 Å². The SMILES string of the molecule is CC1(C)C=CC=CC1C(=O)c1ccc[nH]1. The molecule has 1 atom stereocenters. The molecule has 0 bridgehead atoms. The van der Waals surface area contributed by atoms with Crippen molar-refractivity contribution in [2.45, 2.75) is 13.8 Å². The lowest BCUT2D eigenvalue weighted by atomic mass is 9.73. The minimum absolute atomic E-state index is 0.0684. The third-order valence-corrected chi connectivity index (χ3v) is 2.89. The van der Waals surface area contributed by atoms with Crippen molar-refractivity contribution in [2.24, 2.45) is 11.3 Å². The number of carbonyl (C=O) groups excluding carboxylic acids is 1. The van der Waals surface area contributed by atoms with E-state index in [0.717, 1.165) is 0 Å². The standard InChI is InChI=1S/C13H15NO/c1-13(2)8-4-3-6-10(13)12(15)11-7-5-9-14-11/h3-10,14H,1-2H3. The molecule has 1 heterocycles. The van der Waals surface area contributed by atoms with E-state index >= 15 is 0 Å². The Hall–Kier alpha value is -1.57. The van der Waals surface area contributed by atoms with Crippen molar-refractivity contribution in [1.82, 2.24) is 4.98 Å². The van der Waals surface area contributed by atoms with Gasteiger partial charge in [-0.25, -0.2) is 0 Å². The van der Waals surface area contributed by atoms with Crippen molar-refractivity contribution in [1.29, 1.82) is 0 Å². The molecule has 1 aromatic rings. The Labute approximate surface area is 89.7 Å². The first-order valence-corrected chi connectivity index (χ1v) is 5.15. The van der Waals surface area contributed by atoms with Crippen LogP contribution in [0.1, 0.15) is 24.3 Å². The fourth-order valence-corrected chi connectivity index (χ4v) is 1.91. The van der Waals surface area contributed by atoms with E-state index in [0.29, 0.717) is 5.69 Å². The van der Waals surface area contributed by atoms with Gasteiger partial charge < -0.3 is 4.98 Å². The van der Waals surface area contributed by atoms with Crippen LogP contribution in [0, 0.1) is 11.3 Å². The van der Waals surface area contributed by atoms with Crippen molar-refractivity contribution in [3.05, 3.63) is 48.3 Å². The van der Waals surface area contributed by atoms with E-state index in [2.05, 4.69) is 24.9 Å². The van der Waals surface area contributed by atoms with Gasteiger partial charge in [0.2, 0.25) is 0 Å². The van der Waals surface area contributed by atoms with Crippen molar-refractivity contribution in [3.8, 4) is 0 Å². The molecule has 1 aromatic heterocycles. The number of H-pyrrole nitrogens is 1. The first-order chi connectivity index (χ1) is 7.11. The molecule has 2 heteroatoms. The molecule has 0 aromatic carbocycles. The molecule has 1 N–H and O–H groups in total. The van der Waals surface area contributed by atoms with Crippen molar-refractivity contribution in [3.63, 3.8) is 0 Å². The Kier molecular flexibility index (Phi) is 2.35. The molecule has 0 fully saturated rings. The normalized spacial score (nSPS) is 22.9. The maximum Gasteiger partial charge on any atom is 0.186 e. The zero-order valence-electron chi connectivity index (χ0n) is 9.03. The van der Waals surface area contributed by atoms with Crippen molar-refractivity contribution in [2.75, 3.05) is 0 Å². The summed E-state index contributed by atoms with van der Waals surface area (Å²) in [6.45, 7) is 4.16. The second-order valence-electron chi connectivity index (χ2n) is 4.49. The summed E-state index contributed by atoms with van der Waals surface area (Å²) in [5, 5.41) is 0. The highest BCUT2D eigenvalue weighted by Crippen LogP contribution is 2.34. The Morgan fingerprint density at radius 1 is 1.40 bits per heavy atom. The predicted molar refractivity (Wildman–Crippen MR) is 60.7 cm³/mol. The maximum atomic E-state index is 12.2. The van der Waals surface area contributed by atoms with Gasteiger partial charge in [0.05, 0.1) is 11.6 Å². The number of ketones is 1. The van der Waals surface area contributed by atoms with Crippen LogP contribution in [0.15, 0.2) is 42.6 Å². The minimum Gasteiger partial charge on any atom is -0.359 e. The van der Waals surface area contributed by atoms with Gasteiger partial charge in [-0.3, -0.25) is 4.79 Å². The molecule has 0 spiro atoms. The van der Waals surface area contributed by atoms with Crippen LogP contribution in [0.4, 0.5) is 0 Å². The van der Waals surface area contributed by atoms with Crippen LogP contribution in [0.3, 0.4) is 0 Å². The van der Waals surface area contributed by atoms with Crippen LogP contribution < -0.4 is 0 Å². The lowest BCUT2D eigenvalue weighted by molar-refractivity contribution is 0.0882. The van der Waals surface area contributed by atoms with Crippen LogP contribution in [0.25, 0.3) is 0 Å². The quantitative estimate of drug-likeness (QED) is 0.733. The summed E-state index contributed by atoms with van der Waals surface area (Å²) in [5.74, 6) is 0.0896. The Bertz CT molecular complexity index is 410. The van der Waals surface area contributed by atoms with E-state index in [-0.39, 0.29) is 17.1 Å². The summed E-state index contributed by atoms with van der Waals surface area (Å²) in [5.41, 5.74) is 0.588. The molecule has 2 rings (SSSR count). The van der Waals surface area contributed by atoms with Crippen LogP contribution >= 0.6 is 0 Å². The third kappa shape index (κ3) is 1.80. The Morgan fingerprint density at radius 2 is 2.20 bits per heavy atom. The van der Waals surface area contributed by atoms with Crippen LogP contribution in [-0.2, 0) is 0 Å². The predicted octanol–water partition coefficient (Wildman–Crippen LogP) is 2.97. The number of allylic oxidation sites excluding steroid dienone is 4. The number of Topliss-reactive ketones (excluding diaryl/α,β-unsaturated/α-hetero) is 1. The van der Waals surface area contributed by atoms with Crippen LogP contribution in [0.5, 0.6) is 0 Å². The van der Waals surface area contributed by atoms with Gasteiger partial charge in [-0.05, 0) is 17.5 Å². The van der Waals surface area contributed by atoms with Gasteiger partial charge in [-0.15, -0.1) is 0 Å². The molecule has 15 heavy (non-hydrogen) atoms. The molecule has 0 saturated carbocycles. The molecule has 0 saturated heterocycles. The summed E-state index contributed by atoms with van der Waals surface area (Å²) in [7, 11) is 0. The van der Waals surface area contributed by atoms with Gasteiger partial charge >= 0.3 is 0 Å². The summed E-state index contributed by atoms with van der Waals surface area (Å²) in [6, 6.07) is 3.67. The highest BCUT2D eigenvalue weighted by atomic mass is 16.1. The number of hydrogen-bond donors (Lipinski definition) is 1. The lowest BCUT2D eigenvalue weighted by Crippen LogP contribution is -2.29. The molecule has 1 aliphatic rings. The average Bonchev–Trinajstić information content (AvgIpc) is 2.69. The van der Waals surface area contributed by atoms with E-state index in [9.17, 15) is 4.79 Å². The second-order valence-corrected chi connectivity index (χ2v) is 4.49. The van der Waals surface area contributed by atoms with Crippen LogP contribution in [-0.4, -0.2) is 10.8 Å². The molecule has 1 unspecified atom stereocenters. The Balaban J connectivity index is 2.28. The summed E-state index contributed by atoms with van der Waals surface area (Å²) in [4.78, 5) is 15.1. The summed E-state index contributed by atoms with van der Waals surface area (Å²) in [6.07, 6.45) is 9.78. The number of aromatic nitrogens is 1. The van der Waals surface area contributed by atoms with E-state index < -0.39 is 0 Å². The molecular formula is C13H15NO. The van der Waals surface area contributed by atoms with E-state index in [1.165, 1.54) is 0 Å². The molecule has 1 aliphatic carbocycles. The highest BCUT2D eigenvalue weighted by Gasteiger charge is 2.33. The summed E-state index contributed by atoms with van der Waals surface area (Å²) >= 11 is 0. The number of rotatable bonds is 2. The average molecular weight is 201 g/mol. The van der Waals surface area contributed by atoms with Gasteiger partial charge in [0, 0.05) is 6.20 Å². The summed E-state index contributed by atoms with van der Waals surface area (Å²) < 4.78 is 0. The largest absolute Gasteiger partial charge is 0.359 e. The number of aromatic amines is 1. The Morgan fingerprint density at radius 3 is 2.80 bits per heavy atom. The molecule has 0 amide bonds. The van der Waals surface area contributed by atoms with E-state index in [1.54, 1.807) is 6.20 Å². The zero-order chi connectivity index (χ0) is 10.9. The van der Waals surface area contributed by atoms with Gasteiger partial charge in [0.15, 0.2) is 5.78 Å². The fraction of sp³-hybridized carbons (Fsp3) is 0.308. The van der Waals surface area contributed by atoms with Gasteiger partial charge in [0.1, 0.15) is 0 Å². The van der Waals surface area contributed by atoms with Crippen molar-refractivity contribution >= 4 is 5.78 Å². The van der Waals surface area contributed by atoms with Crippen molar-refractivity contribution < 1.29 is 4.79 Å². The first kappa shape index (κ1) is 9.97. The lowest BCUT2D eigenvalue weighted by Gasteiger charge is -2.29. The highest BCUT2D eigenvalue weighted by molar-refractivity contribution is 5.98.